The lowest BCUT2D eigenvalue weighted by atomic mass is 10.4. The van der Waals surface area contributed by atoms with Gasteiger partial charge in [0.2, 0.25) is 0 Å². The predicted molar refractivity (Wildman–Crippen MR) is 47.3 cm³/mol. The number of carbonyl (C=O) groups is 1. The Morgan fingerprint density at radius 3 is 3.08 bits per heavy atom. The summed E-state index contributed by atoms with van der Waals surface area (Å²) in [5, 5.41) is 3.63. The van der Waals surface area contributed by atoms with Crippen LogP contribution < -0.4 is 16.0 Å². The van der Waals surface area contributed by atoms with E-state index in [0.29, 0.717) is 16.5 Å². The van der Waals surface area contributed by atoms with Gasteiger partial charge < -0.3 is 0 Å². The molecule has 1 aliphatic heterocycles. The number of aromatic nitrogens is 1. The van der Waals surface area contributed by atoms with Crippen molar-refractivity contribution in [2.45, 2.75) is 0 Å². The first kappa shape index (κ1) is 7.42. The minimum atomic E-state index is -0.380. The van der Waals surface area contributed by atoms with Crippen LogP contribution in [0.5, 0.6) is 0 Å². The minimum absolute atomic E-state index is 0.380. The van der Waals surface area contributed by atoms with Crippen molar-refractivity contribution < 1.29 is 4.79 Å². The fraction of sp³-hybridized carbons (Fsp3) is 0. The molecule has 0 saturated heterocycles. The Bertz CT molecular complexity index is 468. The minimum Gasteiger partial charge on any atom is -0.289 e. The summed E-state index contributed by atoms with van der Waals surface area (Å²) in [7, 11) is 0. The number of rotatable bonds is 0. The molecule has 5 heteroatoms. The van der Waals surface area contributed by atoms with Gasteiger partial charge in [-0.15, -0.1) is 0 Å². The van der Waals surface area contributed by atoms with Gasteiger partial charge >= 0.3 is 6.03 Å². The van der Waals surface area contributed by atoms with E-state index >= 15 is 0 Å². The van der Waals surface area contributed by atoms with Crippen LogP contribution >= 0.6 is 15.9 Å². The first-order valence-corrected chi connectivity index (χ1v) is 4.01. The summed E-state index contributed by atoms with van der Waals surface area (Å²) >= 11 is 3.24. The van der Waals surface area contributed by atoms with Crippen molar-refractivity contribution in [3.63, 3.8) is 0 Å². The Morgan fingerprint density at radius 2 is 2.33 bits per heavy atom. The van der Waals surface area contributed by atoms with Gasteiger partial charge in [0.05, 0.1) is 5.35 Å². The maximum atomic E-state index is 10.8. The van der Waals surface area contributed by atoms with Crippen LogP contribution in [0, 0.1) is 0 Å². The fourth-order valence-corrected chi connectivity index (χ4v) is 1.24. The number of halogens is 1. The molecule has 2 amide bonds. The van der Waals surface area contributed by atoms with E-state index in [1.807, 2.05) is 0 Å². The molecule has 0 unspecified atom stereocenters. The van der Waals surface area contributed by atoms with Crippen LogP contribution in [0.3, 0.4) is 0 Å². The molecule has 1 aliphatic rings. The molecular weight excluding hydrogens is 222 g/mol. The van der Waals surface area contributed by atoms with Crippen LogP contribution in [0.1, 0.15) is 0 Å². The average Bonchev–Trinajstić information content (AvgIpc) is 2.30. The van der Waals surface area contributed by atoms with Gasteiger partial charge in [-0.05, 0) is 22.0 Å². The average molecular weight is 226 g/mol. The van der Waals surface area contributed by atoms with E-state index in [1.165, 1.54) is 0 Å². The molecule has 0 aromatic carbocycles. The number of carbonyl (C=O) groups excluding carboxylic acids is 1. The van der Waals surface area contributed by atoms with Crippen molar-refractivity contribution in [1.82, 2.24) is 4.98 Å². The lowest BCUT2D eigenvalue weighted by Gasteiger charge is -1.93. The van der Waals surface area contributed by atoms with Crippen molar-refractivity contribution in [3.05, 3.63) is 21.2 Å². The van der Waals surface area contributed by atoms with Crippen LogP contribution in [0.2, 0.25) is 0 Å². The Kier molecular flexibility index (Phi) is 1.47. The van der Waals surface area contributed by atoms with Gasteiger partial charge in [-0.1, -0.05) is 6.58 Å². The molecule has 0 bridgehead atoms. The molecule has 12 heavy (non-hydrogen) atoms. The molecule has 0 aliphatic carbocycles. The van der Waals surface area contributed by atoms with Crippen molar-refractivity contribution in [3.8, 4) is 0 Å². The van der Waals surface area contributed by atoms with Gasteiger partial charge in [-0.25, -0.2) is 9.78 Å². The van der Waals surface area contributed by atoms with E-state index in [4.69, 9.17) is 0 Å². The van der Waals surface area contributed by atoms with E-state index in [-0.39, 0.29) is 6.03 Å². The summed E-state index contributed by atoms with van der Waals surface area (Å²) in [6.07, 6.45) is 0. The van der Waals surface area contributed by atoms with Crippen molar-refractivity contribution in [1.29, 1.82) is 0 Å². The highest BCUT2D eigenvalue weighted by Gasteiger charge is 2.12. The van der Waals surface area contributed by atoms with E-state index in [2.05, 4.69) is 37.8 Å². The van der Waals surface area contributed by atoms with Gasteiger partial charge in [0.25, 0.3) is 0 Å². The largest absolute Gasteiger partial charge is 0.347 e. The second-order valence-corrected chi connectivity index (χ2v) is 3.18. The zero-order valence-corrected chi connectivity index (χ0v) is 7.55. The van der Waals surface area contributed by atoms with Crippen LogP contribution in [0.4, 0.5) is 10.6 Å². The number of amides is 2. The van der Waals surface area contributed by atoms with Crippen LogP contribution in [-0.4, -0.2) is 11.0 Å². The molecular formula is C7H4BrN3O. The first-order valence-electron chi connectivity index (χ1n) is 3.22. The molecule has 2 heterocycles. The summed E-state index contributed by atoms with van der Waals surface area (Å²) in [6, 6.07) is 1.33. The monoisotopic (exact) mass is 225 g/mol. The third-order valence-corrected chi connectivity index (χ3v) is 2.16. The number of hydrogen-bond acceptors (Lipinski definition) is 2. The maximum Gasteiger partial charge on any atom is 0.347 e. The highest BCUT2D eigenvalue weighted by molar-refractivity contribution is 9.10. The van der Waals surface area contributed by atoms with Gasteiger partial charge in [0.15, 0.2) is 5.82 Å². The van der Waals surface area contributed by atoms with E-state index in [1.54, 1.807) is 6.07 Å². The third-order valence-electron chi connectivity index (χ3n) is 1.48. The smallest absolute Gasteiger partial charge is 0.289 e. The third kappa shape index (κ3) is 1.02. The lowest BCUT2D eigenvalue weighted by molar-refractivity contribution is 0.260. The standard InChI is InChI=1S/C7H4BrN3O/c1-3-4(8)2-5-6(9-3)11-7(12)10-5/h2H,1H2,(H,9,11,12). The van der Waals surface area contributed by atoms with E-state index < -0.39 is 0 Å². The Hall–Kier alpha value is -1.23. The number of nitrogens with zero attached hydrogens (tertiary/aromatic N) is 2. The Balaban J connectivity index is 2.80. The normalized spacial score (nSPS) is 13.6. The molecule has 1 aromatic heterocycles. The van der Waals surface area contributed by atoms with Crippen molar-refractivity contribution >= 4 is 34.4 Å². The molecule has 0 atom stereocenters. The molecule has 4 nitrogen and oxygen atoms in total. The molecule has 0 fully saturated rings. The van der Waals surface area contributed by atoms with E-state index in [0.717, 1.165) is 4.47 Å². The zero-order chi connectivity index (χ0) is 8.72. The van der Waals surface area contributed by atoms with Crippen LogP contribution in [0.25, 0.3) is 6.58 Å². The van der Waals surface area contributed by atoms with Crippen molar-refractivity contribution in [2.24, 2.45) is 4.99 Å². The molecule has 1 N–H and O–H groups in total. The number of nitrogens with one attached hydrogen (secondary N) is 1. The highest BCUT2D eigenvalue weighted by Crippen LogP contribution is 2.03. The topological polar surface area (TPSA) is 54.4 Å². The number of hydrogen-bond donors (Lipinski definition) is 1. The SMILES string of the molecule is C=c1nc2c(cc1Br)=NC(=O)N2. The summed E-state index contributed by atoms with van der Waals surface area (Å²) in [5.41, 5.74) is 0. The summed E-state index contributed by atoms with van der Waals surface area (Å²) < 4.78 is 0.751. The highest BCUT2D eigenvalue weighted by atomic mass is 79.9. The van der Waals surface area contributed by atoms with E-state index in [9.17, 15) is 4.79 Å². The zero-order valence-electron chi connectivity index (χ0n) is 5.97. The van der Waals surface area contributed by atoms with Gasteiger partial charge in [0, 0.05) is 4.47 Å². The number of pyridine rings is 1. The number of fused-ring (bicyclic) bond motifs is 1. The number of anilines is 1. The van der Waals surface area contributed by atoms with Crippen molar-refractivity contribution in [2.75, 3.05) is 5.32 Å². The lowest BCUT2D eigenvalue weighted by Crippen LogP contribution is -2.16. The molecule has 0 spiro atoms. The molecule has 1 aromatic rings. The van der Waals surface area contributed by atoms with Crippen LogP contribution in [0.15, 0.2) is 15.5 Å². The van der Waals surface area contributed by atoms with Crippen LogP contribution in [-0.2, 0) is 0 Å². The Morgan fingerprint density at radius 1 is 1.58 bits per heavy atom. The summed E-state index contributed by atoms with van der Waals surface area (Å²) in [4.78, 5) is 18.5. The second kappa shape index (κ2) is 2.38. The quantitative estimate of drug-likeness (QED) is 0.696. The van der Waals surface area contributed by atoms with Gasteiger partial charge in [-0.2, -0.15) is 4.99 Å². The fourth-order valence-electron chi connectivity index (χ4n) is 0.933. The molecule has 0 radical (unpaired) electrons. The molecule has 0 saturated carbocycles. The Labute approximate surface area is 76.2 Å². The van der Waals surface area contributed by atoms with Gasteiger partial charge in [0.1, 0.15) is 5.36 Å². The molecule has 2 rings (SSSR count). The predicted octanol–water partition coefficient (Wildman–Crippen LogP) is 0.419. The number of urea groups is 1. The molecule has 60 valence electrons. The first-order chi connectivity index (χ1) is 5.66. The van der Waals surface area contributed by atoms with Gasteiger partial charge in [-0.3, -0.25) is 5.32 Å². The maximum absolute atomic E-state index is 10.8. The summed E-state index contributed by atoms with van der Waals surface area (Å²) in [6.45, 7) is 3.67. The second-order valence-electron chi connectivity index (χ2n) is 2.33. The summed E-state index contributed by atoms with van der Waals surface area (Å²) in [5.74, 6) is 0.480.